The summed E-state index contributed by atoms with van der Waals surface area (Å²) in [6.07, 6.45) is 6.10. The SMILES string of the molecule is CC1CCC2=C(C1)CC(C#N)CC2C. The van der Waals surface area contributed by atoms with Crippen LogP contribution in [0.1, 0.15) is 46.0 Å². The van der Waals surface area contributed by atoms with E-state index < -0.39 is 0 Å². The Labute approximate surface area is 86.8 Å². The molecule has 0 radical (unpaired) electrons. The molecule has 1 nitrogen and oxygen atoms in total. The summed E-state index contributed by atoms with van der Waals surface area (Å²) in [5, 5.41) is 8.99. The third kappa shape index (κ3) is 1.71. The highest BCUT2D eigenvalue weighted by molar-refractivity contribution is 5.25. The van der Waals surface area contributed by atoms with Gasteiger partial charge in [0.15, 0.2) is 0 Å². The molecule has 0 aliphatic heterocycles. The summed E-state index contributed by atoms with van der Waals surface area (Å²) in [7, 11) is 0. The lowest BCUT2D eigenvalue weighted by atomic mass is 9.70. The standard InChI is InChI=1S/C13H19N/c1-9-3-4-13-10(2)6-11(8-14)7-12(13)5-9/h9-11H,3-7H2,1-2H3. The first kappa shape index (κ1) is 9.77. The van der Waals surface area contributed by atoms with Crippen LogP contribution in [0.2, 0.25) is 0 Å². The molecule has 0 amide bonds. The Balaban J connectivity index is 2.20. The van der Waals surface area contributed by atoms with Crippen LogP contribution in [0, 0.1) is 29.1 Å². The van der Waals surface area contributed by atoms with Gasteiger partial charge in [0, 0.05) is 0 Å². The Morgan fingerprint density at radius 3 is 2.79 bits per heavy atom. The van der Waals surface area contributed by atoms with Gasteiger partial charge in [-0.3, -0.25) is 0 Å². The van der Waals surface area contributed by atoms with E-state index in [1.807, 2.05) is 0 Å². The van der Waals surface area contributed by atoms with E-state index >= 15 is 0 Å². The fourth-order valence-corrected chi connectivity index (χ4v) is 3.09. The van der Waals surface area contributed by atoms with E-state index in [2.05, 4.69) is 19.9 Å². The summed E-state index contributed by atoms with van der Waals surface area (Å²) in [5.41, 5.74) is 3.34. The van der Waals surface area contributed by atoms with Crippen molar-refractivity contribution in [2.24, 2.45) is 17.8 Å². The summed E-state index contributed by atoms with van der Waals surface area (Å²) in [4.78, 5) is 0. The molecule has 0 N–H and O–H groups in total. The Morgan fingerprint density at radius 2 is 2.07 bits per heavy atom. The topological polar surface area (TPSA) is 23.8 Å². The van der Waals surface area contributed by atoms with E-state index in [0.29, 0.717) is 11.8 Å². The van der Waals surface area contributed by atoms with Gasteiger partial charge < -0.3 is 0 Å². The van der Waals surface area contributed by atoms with Gasteiger partial charge in [-0.15, -0.1) is 0 Å². The van der Waals surface area contributed by atoms with Crippen LogP contribution in [-0.4, -0.2) is 0 Å². The number of hydrogen-bond acceptors (Lipinski definition) is 1. The number of hydrogen-bond donors (Lipinski definition) is 0. The van der Waals surface area contributed by atoms with Crippen LogP contribution in [0.4, 0.5) is 0 Å². The normalized spacial score (nSPS) is 37.6. The number of rotatable bonds is 0. The first-order valence-electron chi connectivity index (χ1n) is 5.81. The van der Waals surface area contributed by atoms with Gasteiger partial charge in [-0.25, -0.2) is 0 Å². The molecule has 0 aromatic carbocycles. The Hall–Kier alpha value is -0.770. The molecule has 0 aromatic heterocycles. The lowest BCUT2D eigenvalue weighted by Gasteiger charge is -2.34. The molecular weight excluding hydrogens is 170 g/mol. The second-order valence-electron chi connectivity index (χ2n) is 5.14. The van der Waals surface area contributed by atoms with Crippen molar-refractivity contribution in [3.63, 3.8) is 0 Å². The van der Waals surface area contributed by atoms with E-state index in [1.165, 1.54) is 19.3 Å². The maximum absolute atomic E-state index is 8.99. The molecule has 76 valence electrons. The first-order chi connectivity index (χ1) is 6.70. The van der Waals surface area contributed by atoms with Gasteiger partial charge in [-0.2, -0.15) is 5.26 Å². The average molecular weight is 189 g/mol. The summed E-state index contributed by atoms with van der Waals surface area (Å²) in [6.45, 7) is 4.64. The maximum Gasteiger partial charge on any atom is 0.0659 e. The molecule has 0 saturated heterocycles. The van der Waals surface area contributed by atoms with Crippen molar-refractivity contribution in [1.29, 1.82) is 5.26 Å². The molecule has 0 heterocycles. The van der Waals surface area contributed by atoms with Crippen LogP contribution in [0.5, 0.6) is 0 Å². The zero-order valence-corrected chi connectivity index (χ0v) is 9.21. The fourth-order valence-electron chi connectivity index (χ4n) is 3.09. The molecular formula is C13H19N. The summed E-state index contributed by atoms with van der Waals surface area (Å²) in [5.74, 6) is 1.82. The lowest BCUT2D eigenvalue weighted by molar-refractivity contribution is 0.378. The maximum atomic E-state index is 8.99. The molecule has 0 saturated carbocycles. The van der Waals surface area contributed by atoms with Crippen LogP contribution in [0.15, 0.2) is 11.1 Å². The Morgan fingerprint density at radius 1 is 1.29 bits per heavy atom. The molecule has 3 unspecified atom stereocenters. The predicted molar refractivity (Wildman–Crippen MR) is 57.5 cm³/mol. The van der Waals surface area contributed by atoms with Crippen LogP contribution >= 0.6 is 0 Å². The first-order valence-corrected chi connectivity index (χ1v) is 5.81. The number of allylic oxidation sites excluding steroid dienone is 2. The van der Waals surface area contributed by atoms with Crippen molar-refractivity contribution >= 4 is 0 Å². The van der Waals surface area contributed by atoms with Crippen molar-refractivity contribution in [2.75, 3.05) is 0 Å². The van der Waals surface area contributed by atoms with Gasteiger partial charge >= 0.3 is 0 Å². The van der Waals surface area contributed by atoms with Crippen molar-refractivity contribution in [3.8, 4) is 6.07 Å². The molecule has 0 bridgehead atoms. The second kappa shape index (κ2) is 3.77. The molecule has 14 heavy (non-hydrogen) atoms. The molecule has 2 aliphatic rings. The van der Waals surface area contributed by atoms with Gasteiger partial charge in [0.2, 0.25) is 0 Å². The second-order valence-corrected chi connectivity index (χ2v) is 5.14. The van der Waals surface area contributed by atoms with Crippen molar-refractivity contribution in [3.05, 3.63) is 11.1 Å². The smallest absolute Gasteiger partial charge is 0.0659 e. The predicted octanol–water partition coefficient (Wildman–Crippen LogP) is 3.67. The van der Waals surface area contributed by atoms with Gasteiger partial charge in [-0.05, 0) is 43.9 Å². The minimum Gasteiger partial charge on any atom is -0.198 e. The molecule has 3 atom stereocenters. The molecule has 2 aliphatic carbocycles. The summed E-state index contributed by atoms with van der Waals surface area (Å²) in [6, 6.07) is 2.45. The van der Waals surface area contributed by atoms with Crippen LogP contribution in [0.3, 0.4) is 0 Å². The minimum absolute atomic E-state index is 0.300. The quantitative estimate of drug-likeness (QED) is 0.533. The van der Waals surface area contributed by atoms with Crippen molar-refractivity contribution in [1.82, 2.24) is 0 Å². The molecule has 0 aromatic rings. The van der Waals surface area contributed by atoms with E-state index in [4.69, 9.17) is 5.26 Å². The number of nitrogens with zero attached hydrogens (tertiary/aromatic N) is 1. The third-order valence-corrected chi connectivity index (χ3v) is 3.86. The Kier molecular flexibility index (Phi) is 2.63. The highest BCUT2D eigenvalue weighted by Crippen LogP contribution is 2.42. The molecule has 0 spiro atoms. The third-order valence-electron chi connectivity index (χ3n) is 3.86. The van der Waals surface area contributed by atoms with Gasteiger partial charge in [0.1, 0.15) is 0 Å². The van der Waals surface area contributed by atoms with E-state index in [9.17, 15) is 0 Å². The van der Waals surface area contributed by atoms with Gasteiger partial charge in [-0.1, -0.05) is 25.0 Å². The summed E-state index contributed by atoms with van der Waals surface area (Å²) >= 11 is 0. The Bertz CT molecular complexity index is 295. The molecule has 1 heteroatoms. The zero-order valence-electron chi connectivity index (χ0n) is 9.21. The van der Waals surface area contributed by atoms with E-state index in [1.54, 1.807) is 11.1 Å². The van der Waals surface area contributed by atoms with E-state index in [-0.39, 0.29) is 0 Å². The van der Waals surface area contributed by atoms with Crippen molar-refractivity contribution < 1.29 is 0 Å². The monoisotopic (exact) mass is 189 g/mol. The van der Waals surface area contributed by atoms with Crippen LogP contribution in [-0.2, 0) is 0 Å². The minimum atomic E-state index is 0.300. The van der Waals surface area contributed by atoms with Gasteiger partial charge in [0.25, 0.3) is 0 Å². The summed E-state index contributed by atoms with van der Waals surface area (Å²) < 4.78 is 0. The highest BCUT2D eigenvalue weighted by atomic mass is 14.4. The van der Waals surface area contributed by atoms with Crippen LogP contribution < -0.4 is 0 Å². The largest absolute Gasteiger partial charge is 0.198 e. The molecule has 2 rings (SSSR count). The number of nitriles is 1. The highest BCUT2D eigenvalue weighted by Gasteiger charge is 2.29. The van der Waals surface area contributed by atoms with E-state index in [0.717, 1.165) is 18.8 Å². The lowest BCUT2D eigenvalue weighted by Crippen LogP contribution is -2.21. The van der Waals surface area contributed by atoms with Gasteiger partial charge in [0.05, 0.1) is 12.0 Å². The van der Waals surface area contributed by atoms with Crippen LogP contribution in [0.25, 0.3) is 0 Å². The zero-order chi connectivity index (χ0) is 10.1. The fraction of sp³-hybridized carbons (Fsp3) is 0.769. The van der Waals surface area contributed by atoms with Crippen molar-refractivity contribution in [2.45, 2.75) is 46.0 Å². The average Bonchev–Trinajstić information content (AvgIpc) is 2.16. The molecule has 0 fully saturated rings.